The van der Waals surface area contributed by atoms with Crippen LogP contribution < -0.4 is 19.7 Å². The van der Waals surface area contributed by atoms with Crippen LogP contribution in [0.4, 0.5) is 5.69 Å². The minimum atomic E-state index is 0. The van der Waals surface area contributed by atoms with E-state index in [2.05, 4.69) is 23.2 Å². The van der Waals surface area contributed by atoms with Crippen LogP contribution in [0.1, 0.15) is 11.8 Å². The Balaban J connectivity index is 0.00000225. The highest BCUT2D eigenvalue weighted by Crippen LogP contribution is 2.34. The second kappa shape index (κ2) is 9.60. The van der Waals surface area contributed by atoms with Gasteiger partial charge in [-0.2, -0.15) is 0 Å². The Labute approximate surface area is 175 Å². The molecular formula is C20H26ClN3O3S. The van der Waals surface area contributed by atoms with Gasteiger partial charge in [-0.3, -0.25) is 9.69 Å². The summed E-state index contributed by atoms with van der Waals surface area (Å²) in [5, 5.41) is 5.42. The molecule has 152 valence electrons. The Bertz CT molecular complexity index is 787. The van der Waals surface area contributed by atoms with E-state index in [0.29, 0.717) is 38.1 Å². The number of anilines is 1. The molecule has 0 saturated carbocycles. The number of carbonyl (C=O) groups excluding carboxylic acids is 1. The fraction of sp³-hybridized carbons (Fsp3) is 0.450. The number of hydrogen-bond donors (Lipinski definition) is 1. The monoisotopic (exact) mass is 423 g/mol. The first kappa shape index (κ1) is 20.9. The number of fused-ring (bicyclic) bond motifs is 1. The number of halogens is 1. The summed E-state index contributed by atoms with van der Waals surface area (Å²) in [6.45, 7) is 6.97. The van der Waals surface area contributed by atoms with Gasteiger partial charge in [-0.1, -0.05) is 6.07 Å². The maximum absolute atomic E-state index is 13.2. The smallest absolute Gasteiger partial charge is 0.241 e. The van der Waals surface area contributed by atoms with Gasteiger partial charge in [0.15, 0.2) is 11.5 Å². The number of benzene rings is 1. The molecule has 2 aliphatic heterocycles. The summed E-state index contributed by atoms with van der Waals surface area (Å²) < 4.78 is 11.3. The number of ether oxygens (including phenoxy) is 2. The molecule has 2 aliphatic rings. The van der Waals surface area contributed by atoms with E-state index in [9.17, 15) is 4.79 Å². The van der Waals surface area contributed by atoms with Crippen molar-refractivity contribution in [3.8, 4) is 11.5 Å². The summed E-state index contributed by atoms with van der Waals surface area (Å²) in [6, 6.07) is 10.2. The van der Waals surface area contributed by atoms with E-state index in [1.165, 1.54) is 0 Å². The average Bonchev–Trinajstić information content (AvgIpc) is 3.21. The summed E-state index contributed by atoms with van der Waals surface area (Å²) in [5.41, 5.74) is 0.848. The predicted molar refractivity (Wildman–Crippen MR) is 114 cm³/mol. The number of carbonyl (C=O) groups is 1. The van der Waals surface area contributed by atoms with Gasteiger partial charge < -0.3 is 19.7 Å². The molecule has 28 heavy (non-hydrogen) atoms. The molecule has 0 bridgehead atoms. The van der Waals surface area contributed by atoms with E-state index in [1.54, 1.807) is 11.3 Å². The minimum Gasteiger partial charge on any atom is -0.486 e. The molecule has 1 aromatic heterocycles. The first-order valence-corrected chi connectivity index (χ1v) is 10.3. The zero-order chi connectivity index (χ0) is 18.6. The van der Waals surface area contributed by atoms with Crippen molar-refractivity contribution in [3.63, 3.8) is 0 Å². The Hall–Kier alpha value is -1.80. The molecule has 0 aliphatic carbocycles. The Kier molecular flexibility index (Phi) is 7.18. The van der Waals surface area contributed by atoms with Gasteiger partial charge >= 0.3 is 0 Å². The molecule has 0 unspecified atom stereocenters. The topological polar surface area (TPSA) is 54.0 Å². The molecule has 1 atom stereocenters. The van der Waals surface area contributed by atoms with E-state index in [4.69, 9.17) is 9.47 Å². The second-order valence-corrected chi connectivity index (χ2v) is 7.94. The minimum absolute atomic E-state index is 0. The third-order valence-electron chi connectivity index (χ3n) is 5.01. The van der Waals surface area contributed by atoms with Gasteiger partial charge in [-0.15, -0.1) is 23.7 Å². The van der Waals surface area contributed by atoms with E-state index in [1.807, 2.05) is 34.5 Å². The lowest BCUT2D eigenvalue weighted by atomic mass is 10.2. The van der Waals surface area contributed by atoms with Crippen LogP contribution in [0.5, 0.6) is 11.5 Å². The van der Waals surface area contributed by atoms with Crippen LogP contribution in [0.2, 0.25) is 0 Å². The van der Waals surface area contributed by atoms with Crippen molar-refractivity contribution in [2.45, 2.75) is 19.5 Å². The van der Waals surface area contributed by atoms with Crippen LogP contribution in [0.15, 0.2) is 35.7 Å². The van der Waals surface area contributed by atoms with Crippen molar-refractivity contribution in [3.05, 3.63) is 40.6 Å². The molecule has 4 rings (SSSR count). The zero-order valence-electron chi connectivity index (χ0n) is 15.9. The van der Waals surface area contributed by atoms with Gasteiger partial charge in [-0.05, 0) is 30.5 Å². The number of hydrogen-bond acceptors (Lipinski definition) is 6. The van der Waals surface area contributed by atoms with E-state index < -0.39 is 0 Å². The van der Waals surface area contributed by atoms with Crippen molar-refractivity contribution in [2.75, 3.05) is 44.3 Å². The normalized spacial score (nSPS) is 19.0. The lowest BCUT2D eigenvalue weighted by molar-refractivity contribution is -0.120. The molecule has 0 spiro atoms. The van der Waals surface area contributed by atoms with Gasteiger partial charge in [0, 0.05) is 42.3 Å². The fourth-order valence-corrected chi connectivity index (χ4v) is 4.15. The highest BCUT2D eigenvalue weighted by atomic mass is 35.5. The molecular weight excluding hydrogens is 398 g/mol. The summed E-state index contributed by atoms with van der Waals surface area (Å²) in [5.74, 6) is 1.55. The highest BCUT2D eigenvalue weighted by Gasteiger charge is 2.25. The number of piperazine rings is 1. The predicted octanol–water partition coefficient (Wildman–Crippen LogP) is 2.77. The maximum atomic E-state index is 13.2. The van der Waals surface area contributed by atoms with Crippen LogP contribution in [-0.4, -0.2) is 56.2 Å². The van der Waals surface area contributed by atoms with Crippen LogP contribution in [0.3, 0.4) is 0 Å². The van der Waals surface area contributed by atoms with Crippen LogP contribution in [0, 0.1) is 0 Å². The Morgan fingerprint density at radius 3 is 2.86 bits per heavy atom. The van der Waals surface area contributed by atoms with Gasteiger partial charge in [-0.25, -0.2) is 0 Å². The van der Waals surface area contributed by atoms with Crippen molar-refractivity contribution in [1.82, 2.24) is 10.2 Å². The third kappa shape index (κ3) is 4.78. The molecule has 2 aromatic rings. The van der Waals surface area contributed by atoms with Crippen molar-refractivity contribution < 1.29 is 14.3 Å². The lowest BCUT2D eigenvalue weighted by Crippen LogP contribution is -2.53. The molecule has 1 N–H and O–H groups in total. The molecule has 8 heteroatoms. The fourth-order valence-electron chi connectivity index (χ4n) is 3.46. The number of rotatable bonds is 5. The van der Waals surface area contributed by atoms with Gasteiger partial charge in [0.05, 0.1) is 13.1 Å². The lowest BCUT2D eigenvalue weighted by Gasteiger charge is -2.35. The number of nitrogens with one attached hydrogen (secondary N) is 1. The van der Waals surface area contributed by atoms with E-state index in [-0.39, 0.29) is 18.3 Å². The summed E-state index contributed by atoms with van der Waals surface area (Å²) >= 11 is 1.67. The van der Waals surface area contributed by atoms with E-state index >= 15 is 0 Å². The summed E-state index contributed by atoms with van der Waals surface area (Å²) in [4.78, 5) is 18.5. The zero-order valence-corrected chi connectivity index (χ0v) is 17.6. The highest BCUT2D eigenvalue weighted by molar-refractivity contribution is 7.09. The Morgan fingerprint density at radius 2 is 2.11 bits per heavy atom. The SMILES string of the molecule is C[C@H]1CNCCN1CC(=O)N(Cc1cccs1)c1ccc2c(c1)OCCO2.Cl. The average molecular weight is 424 g/mol. The first-order chi connectivity index (χ1) is 13.2. The molecule has 0 radical (unpaired) electrons. The molecule has 1 amide bonds. The van der Waals surface area contributed by atoms with E-state index in [0.717, 1.165) is 35.9 Å². The summed E-state index contributed by atoms with van der Waals surface area (Å²) in [6.07, 6.45) is 0. The molecule has 1 aromatic carbocycles. The standard InChI is InChI=1S/C20H25N3O3S.ClH/c1-15-12-21-6-7-22(15)14-20(24)23(13-17-3-2-10-27-17)16-4-5-18-19(11-16)26-9-8-25-18;/h2-5,10-11,15,21H,6-9,12-14H2,1H3;1H/t15-;/m0./s1. The maximum Gasteiger partial charge on any atom is 0.241 e. The molecule has 1 saturated heterocycles. The van der Waals surface area contributed by atoms with Crippen LogP contribution in [-0.2, 0) is 11.3 Å². The first-order valence-electron chi connectivity index (χ1n) is 9.38. The van der Waals surface area contributed by atoms with Crippen molar-refractivity contribution in [2.24, 2.45) is 0 Å². The van der Waals surface area contributed by atoms with Gasteiger partial charge in [0.1, 0.15) is 13.2 Å². The number of amides is 1. The Morgan fingerprint density at radius 1 is 1.29 bits per heavy atom. The second-order valence-electron chi connectivity index (χ2n) is 6.91. The quantitative estimate of drug-likeness (QED) is 0.801. The molecule has 6 nitrogen and oxygen atoms in total. The number of thiophene rings is 1. The van der Waals surface area contributed by atoms with Gasteiger partial charge in [0.2, 0.25) is 5.91 Å². The third-order valence-corrected chi connectivity index (χ3v) is 5.87. The number of nitrogens with zero attached hydrogens (tertiary/aromatic N) is 2. The van der Waals surface area contributed by atoms with Crippen LogP contribution >= 0.6 is 23.7 Å². The van der Waals surface area contributed by atoms with Crippen molar-refractivity contribution in [1.29, 1.82) is 0 Å². The molecule has 1 fully saturated rings. The summed E-state index contributed by atoms with van der Waals surface area (Å²) in [7, 11) is 0. The van der Waals surface area contributed by atoms with Gasteiger partial charge in [0.25, 0.3) is 0 Å². The van der Waals surface area contributed by atoms with Crippen LogP contribution in [0.25, 0.3) is 0 Å². The largest absolute Gasteiger partial charge is 0.486 e. The van der Waals surface area contributed by atoms with Crippen molar-refractivity contribution >= 4 is 35.3 Å². The molecule has 3 heterocycles.